The van der Waals surface area contributed by atoms with Crippen LogP contribution in [0, 0.1) is 16.0 Å². The van der Waals surface area contributed by atoms with E-state index in [2.05, 4.69) is 4.98 Å². The zero-order valence-corrected chi connectivity index (χ0v) is 11.9. The number of aromatic nitrogens is 2. The Hall–Kier alpha value is -1.68. The van der Waals surface area contributed by atoms with Crippen LogP contribution in [0.4, 0.5) is 11.6 Å². The van der Waals surface area contributed by atoms with E-state index in [0.29, 0.717) is 18.9 Å². The zero-order chi connectivity index (χ0) is 14.9. The molecule has 2 N–H and O–H groups in total. The van der Waals surface area contributed by atoms with Crippen LogP contribution in [0.1, 0.15) is 12.8 Å². The molecule has 0 aromatic carbocycles. The molecule has 2 heterocycles. The summed E-state index contributed by atoms with van der Waals surface area (Å²) in [5.74, 6) is -0.0130. The number of anilines is 1. The number of nitrogens with two attached hydrogens (primary N) is 1. The van der Waals surface area contributed by atoms with Crippen LogP contribution in [0.5, 0.6) is 0 Å². The molecule has 1 aromatic heterocycles. The Balaban J connectivity index is 2.21. The average Bonchev–Trinajstić information content (AvgIpc) is 2.69. The Morgan fingerprint density at radius 3 is 2.90 bits per heavy atom. The van der Waals surface area contributed by atoms with Crippen LogP contribution < -0.4 is 10.0 Å². The second kappa shape index (κ2) is 5.37. The van der Waals surface area contributed by atoms with Gasteiger partial charge in [0.15, 0.2) is 0 Å². The first-order chi connectivity index (χ1) is 9.28. The summed E-state index contributed by atoms with van der Waals surface area (Å²) in [6.45, 7) is 1.07. The van der Waals surface area contributed by atoms with Crippen LogP contribution in [-0.4, -0.2) is 41.7 Å². The fourth-order valence-corrected chi connectivity index (χ4v) is 3.56. The first kappa shape index (κ1) is 14.7. The number of nitro groups is 1. The molecule has 10 heteroatoms. The summed E-state index contributed by atoms with van der Waals surface area (Å²) < 4.78 is 23.9. The van der Waals surface area contributed by atoms with Crippen molar-refractivity contribution in [3.63, 3.8) is 0 Å². The molecule has 1 aromatic rings. The number of piperidine rings is 1. The lowest BCUT2D eigenvalue weighted by Crippen LogP contribution is -2.40. The Morgan fingerprint density at radius 2 is 2.30 bits per heavy atom. The lowest BCUT2D eigenvalue weighted by Gasteiger charge is -2.33. The molecule has 9 nitrogen and oxygen atoms in total. The first-order valence-electron chi connectivity index (χ1n) is 6.19. The van der Waals surface area contributed by atoms with E-state index in [1.165, 1.54) is 6.33 Å². The van der Waals surface area contributed by atoms with E-state index in [-0.39, 0.29) is 17.5 Å². The molecule has 20 heavy (non-hydrogen) atoms. The summed E-state index contributed by atoms with van der Waals surface area (Å²) in [5, 5.41) is 16.0. The molecule has 0 radical (unpaired) electrons. The number of rotatable bonds is 4. The van der Waals surface area contributed by atoms with Gasteiger partial charge in [0.05, 0.1) is 5.75 Å². The minimum absolute atomic E-state index is 0.102. The number of nitrogens with zero attached hydrogens (tertiary/aromatic N) is 4. The van der Waals surface area contributed by atoms with Gasteiger partial charge in [-0.25, -0.2) is 13.6 Å². The minimum atomic E-state index is -3.54. The molecule has 0 spiro atoms. The lowest BCUT2D eigenvalue weighted by atomic mass is 10.0. The topological polar surface area (TPSA) is 124 Å². The largest absolute Gasteiger partial charge is 0.406 e. The summed E-state index contributed by atoms with van der Waals surface area (Å²) in [5.41, 5.74) is 0. The molecular weight excluding hydrogens is 286 g/mol. The van der Waals surface area contributed by atoms with Crippen LogP contribution in [0.25, 0.3) is 0 Å². The van der Waals surface area contributed by atoms with Crippen molar-refractivity contribution in [2.45, 2.75) is 12.8 Å². The fraction of sp³-hybridized carbons (Fsp3) is 0.700. The number of sulfonamides is 1. The van der Waals surface area contributed by atoms with Crippen LogP contribution in [-0.2, 0) is 17.1 Å². The molecule has 2 rings (SSSR count). The Morgan fingerprint density at radius 1 is 1.60 bits per heavy atom. The van der Waals surface area contributed by atoms with Crippen LogP contribution >= 0.6 is 0 Å². The molecule has 1 atom stereocenters. The Bertz CT molecular complexity index is 611. The molecule has 1 saturated heterocycles. The minimum Gasteiger partial charge on any atom is -0.358 e. The number of hydrogen-bond acceptors (Lipinski definition) is 6. The van der Waals surface area contributed by atoms with E-state index < -0.39 is 14.9 Å². The summed E-state index contributed by atoms with van der Waals surface area (Å²) in [4.78, 5) is 16.0. The summed E-state index contributed by atoms with van der Waals surface area (Å²) in [6, 6.07) is 0. The van der Waals surface area contributed by atoms with Gasteiger partial charge in [-0.2, -0.15) is 0 Å². The normalized spacial score (nSPS) is 20.1. The van der Waals surface area contributed by atoms with Gasteiger partial charge in [-0.15, -0.1) is 0 Å². The third-order valence-electron chi connectivity index (χ3n) is 3.35. The van der Waals surface area contributed by atoms with E-state index in [0.717, 1.165) is 12.8 Å². The Kier molecular flexibility index (Phi) is 3.95. The van der Waals surface area contributed by atoms with Crippen LogP contribution in [0.3, 0.4) is 0 Å². The third-order valence-corrected chi connectivity index (χ3v) is 4.28. The molecule has 1 unspecified atom stereocenters. The van der Waals surface area contributed by atoms with Crippen LogP contribution in [0.15, 0.2) is 6.33 Å². The number of aryl methyl sites for hydroxylation is 1. The van der Waals surface area contributed by atoms with Gasteiger partial charge in [0.2, 0.25) is 22.2 Å². The molecular formula is C10H17N5O4S. The predicted molar refractivity (Wildman–Crippen MR) is 72.8 cm³/mol. The summed E-state index contributed by atoms with van der Waals surface area (Å²) >= 11 is 0. The number of primary sulfonamides is 1. The SMILES string of the molecule is Cn1cnc([N+](=O)[O-])c1N1CCCC(CS(N)(=O)=O)C1. The van der Waals surface area contributed by atoms with Crippen molar-refractivity contribution < 1.29 is 13.3 Å². The van der Waals surface area contributed by atoms with E-state index in [9.17, 15) is 18.5 Å². The maximum atomic E-state index is 11.2. The van der Waals surface area contributed by atoms with Gasteiger partial charge in [0.25, 0.3) is 0 Å². The summed E-state index contributed by atoms with van der Waals surface area (Å²) in [6.07, 6.45) is 2.90. The summed E-state index contributed by atoms with van der Waals surface area (Å²) in [7, 11) is -1.86. The van der Waals surface area contributed by atoms with E-state index in [1.54, 1.807) is 11.6 Å². The first-order valence-corrected chi connectivity index (χ1v) is 7.90. The second-order valence-electron chi connectivity index (χ2n) is 5.04. The van der Waals surface area contributed by atoms with Gasteiger partial charge < -0.3 is 15.0 Å². The number of hydrogen-bond donors (Lipinski definition) is 1. The van der Waals surface area contributed by atoms with E-state index in [1.807, 2.05) is 4.90 Å². The molecule has 0 aliphatic carbocycles. The van der Waals surface area contributed by atoms with Crippen molar-refractivity contribution in [3.05, 3.63) is 16.4 Å². The molecule has 1 fully saturated rings. The Labute approximate surface area is 116 Å². The van der Waals surface area contributed by atoms with Gasteiger partial charge in [0.1, 0.15) is 0 Å². The maximum absolute atomic E-state index is 11.2. The van der Waals surface area contributed by atoms with Gasteiger partial charge in [0, 0.05) is 20.1 Å². The molecule has 0 bridgehead atoms. The molecule has 1 aliphatic heterocycles. The third kappa shape index (κ3) is 3.25. The molecule has 1 aliphatic rings. The smallest absolute Gasteiger partial charge is 0.358 e. The highest BCUT2D eigenvalue weighted by Gasteiger charge is 2.30. The number of imidazole rings is 1. The van der Waals surface area contributed by atoms with Gasteiger partial charge >= 0.3 is 5.82 Å². The van der Waals surface area contributed by atoms with Crippen molar-refractivity contribution in [1.29, 1.82) is 0 Å². The molecule has 0 amide bonds. The fourth-order valence-electron chi connectivity index (χ4n) is 2.63. The maximum Gasteiger partial charge on any atom is 0.406 e. The van der Waals surface area contributed by atoms with Crippen molar-refractivity contribution in [1.82, 2.24) is 9.55 Å². The zero-order valence-electron chi connectivity index (χ0n) is 11.1. The van der Waals surface area contributed by atoms with Gasteiger partial charge in [-0.3, -0.25) is 4.57 Å². The molecule has 0 saturated carbocycles. The van der Waals surface area contributed by atoms with Crippen molar-refractivity contribution in [2.24, 2.45) is 18.1 Å². The van der Waals surface area contributed by atoms with Crippen LogP contribution in [0.2, 0.25) is 0 Å². The van der Waals surface area contributed by atoms with Crippen molar-refractivity contribution in [3.8, 4) is 0 Å². The van der Waals surface area contributed by atoms with Crippen molar-refractivity contribution in [2.75, 3.05) is 23.7 Å². The molecule has 112 valence electrons. The highest BCUT2D eigenvalue weighted by molar-refractivity contribution is 7.89. The van der Waals surface area contributed by atoms with Gasteiger partial charge in [-0.05, 0) is 28.7 Å². The quantitative estimate of drug-likeness (QED) is 0.608. The van der Waals surface area contributed by atoms with E-state index >= 15 is 0 Å². The van der Waals surface area contributed by atoms with Crippen molar-refractivity contribution >= 4 is 21.7 Å². The average molecular weight is 303 g/mol. The lowest BCUT2D eigenvalue weighted by molar-refractivity contribution is -0.388. The predicted octanol–water partition coefficient (Wildman–Crippen LogP) is -0.167. The van der Waals surface area contributed by atoms with E-state index in [4.69, 9.17) is 5.14 Å². The monoisotopic (exact) mass is 303 g/mol. The highest BCUT2D eigenvalue weighted by atomic mass is 32.2. The highest BCUT2D eigenvalue weighted by Crippen LogP contribution is 2.30. The van der Waals surface area contributed by atoms with Gasteiger partial charge in [-0.1, -0.05) is 0 Å². The standard InChI is InChI=1S/C10H17N5O4S/c1-13-7-12-9(15(16)17)10(13)14-4-2-3-8(5-14)6-20(11,18)19/h7-8H,2-6H2,1H3,(H2,11,18,19). The second-order valence-corrected chi connectivity index (χ2v) is 6.70.